The number of unbranched alkanes of at least 4 members (excludes halogenated alkanes) is 1. The molecule has 2 aliphatic rings. The highest BCUT2D eigenvalue weighted by Crippen LogP contribution is 2.34. The zero-order chi connectivity index (χ0) is 35.2. The second-order valence-electron chi connectivity index (χ2n) is 11.5. The molecule has 2 aromatic carbocycles. The first kappa shape index (κ1) is 37.7. The molecule has 0 unspecified atom stereocenters. The van der Waals surface area contributed by atoms with Crippen LogP contribution in [0.25, 0.3) is 21.9 Å². The Hall–Kier alpha value is -4.16. The monoisotopic (exact) mass is 698 g/mol. The van der Waals surface area contributed by atoms with Gasteiger partial charge in [-0.05, 0) is 49.0 Å². The fourth-order valence-electron chi connectivity index (χ4n) is 5.69. The highest BCUT2D eigenvalue weighted by molar-refractivity contribution is 8.00. The number of aromatic nitrogens is 2. The summed E-state index contributed by atoms with van der Waals surface area (Å²) in [6.07, 6.45) is 3.24. The molecule has 17 heteroatoms. The number of nitrogens with zero attached hydrogens (tertiary/aromatic N) is 2. The molecule has 3 atom stereocenters. The predicted octanol–water partition coefficient (Wildman–Crippen LogP) is 0.822. The normalized spacial score (nSPS) is 17.8. The Morgan fingerprint density at radius 3 is 2.59 bits per heavy atom. The van der Waals surface area contributed by atoms with E-state index in [1.54, 1.807) is 18.2 Å². The van der Waals surface area contributed by atoms with Crippen LogP contribution in [0.15, 0.2) is 36.4 Å². The second-order valence-corrected chi connectivity index (χ2v) is 12.7. The Kier molecular flexibility index (Phi) is 14.7. The van der Waals surface area contributed by atoms with Gasteiger partial charge in [-0.1, -0.05) is 24.6 Å². The molecule has 49 heavy (non-hydrogen) atoms. The average molecular weight is 699 g/mol. The van der Waals surface area contributed by atoms with Crippen molar-refractivity contribution in [2.45, 2.75) is 49.9 Å². The van der Waals surface area contributed by atoms with Crippen molar-refractivity contribution >= 4 is 59.3 Å². The van der Waals surface area contributed by atoms with Crippen LogP contribution in [0, 0.1) is 6.92 Å². The summed E-state index contributed by atoms with van der Waals surface area (Å²) < 4.78 is 17.2. The molecule has 8 N–H and O–H groups in total. The quantitative estimate of drug-likeness (QED) is 0.0449. The summed E-state index contributed by atoms with van der Waals surface area (Å²) in [4.78, 5) is 32.0. The van der Waals surface area contributed by atoms with Crippen molar-refractivity contribution in [2.24, 2.45) is 0 Å². The van der Waals surface area contributed by atoms with Crippen LogP contribution in [0.1, 0.15) is 31.4 Å². The van der Waals surface area contributed by atoms with Gasteiger partial charge in [0.25, 0.3) is 6.47 Å². The van der Waals surface area contributed by atoms with Gasteiger partial charge >= 0.3 is 13.1 Å². The van der Waals surface area contributed by atoms with Gasteiger partial charge in [-0.3, -0.25) is 9.59 Å². The van der Waals surface area contributed by atoms with E-state index in [1.807, 2.05) is 36.9 Å². The SMILES string of the molecule is Cc1nnc(N)c2ccc(-c3cc(B(O)O)ccc3OCCOCCOCCNC(=O)CCCC[C@@H]3SC[C@@H]4NC(=O)N[C@@H]43)cc12.O=CO. The number of rotatable bonds is 17. The highest BCUT2D eigenvalue weighted by atomic mass is 32.2. The first-order chi connectivity index (χ1) is 23.7. The molecule has 0 bridgehead atoms. The van der Waals surface area contributed by atoms with Crippen LogP contribution in [0.4, 0.5) is 10.6 Å². The molecule has 1 aromatic heterocycles. The van der Waals surface area contributed by atoms with Crippen LogP contribution in [-0.4, -0.2) is 114 Å². The minimum atomic E-state index is -1.62. The standard InChI is InChI=1S/C31H41BN6O7S.CH2O2/c1-19-23-16-20(6-8-22(23)30(33)38-37-19)24-17-21(32(41)42)7-9-26(24)45-15-14-44-13-12-43-11-10-34-28(39)5-3-2-4-27-29-25(18-46-27)35-31(40)36-29;2-1-3/h6-9,16-17,25,27,29,41-42H,2-5,10-15,18H2,1H3,(H2,33,38)(H,34,39)(H2,35,36,40);1H,(H,2,3)/t25-,27-,29-;/m0./s1. The van der Waals surface area contributed by atoms with E-state index in [1.165, 1.54) is 0 Å². The van der Waals surface area contributed by atoms with E-state index in [-0.39, 0.29) is 37.1 Å². The number of fused-ring (bicyclic) bond motifs is 2. The van der Waals surface area contributed by atoms with E-state index in [0.717, 1.165) is 47.0 Å². The van der Waals surface area contributed by atoms with E-state index in [0.29, 0.717) is 67.2 Å². The second kappa shape index (κ2) is 19.1. The lowest BCUT2D eigenvalue weighted by molar-refractivity contribution is -0.123. The maximum absolute atomic E-state index is 12.1. The molecule has 5 rings (SSSR count). The Labute approximate surface area is 288 Å². The molecule has 0 saturated carbocycles. The number of aryl methyl sites for hydroxylation is 1. The van der Waals surface area contributed by atoms with E-state index in [4.69, 9.17) is 29.8 Å². The van der Waals surface area contributed by atoms with Gasteiger partial charge in [0.2, 0.25) is 5.91 Å². The molecule has 3 heterocycles. The Morgan fingerprint density at radius 2 is 1.82 bits per heavy atom. The zero-order valence-corrected chi connectivity index (χ0v) is 28.1. The number of benzene rings is 2. The summed E-state index contributed by atoms with van der Waals surface area (Å²) in [5.74, 6) is 1.87. The van der Waals surface area contributed by atoms with Crippen LogP contribution < -0.4 is 31.9 Å². The van der Waals surface area contributed by atoms with Crippen molar-refractivity contribution in [1.29, 1.82) is 0 Å². The van der Waals surface area contributed by atoms with Gasteiger partial charge in [-0.25, -0.2) is 4.79 Å². The smallest absolute Gasteiger partial charge is 0.488 e. The molecule has 15 nitrogen and oxygen atoms in total. The van der Waals surface area contributed by atoms with Gasteiger partial charge < -0.3 is 51.0 Å². The number of ether oxygens (including phenoxy) is 3. The number of nitrogen functional groups attached to an aromatic ring is 1. The molecule has 2 aliphatic heterocycles. The highest BCUT2D eigenvalue weighted by Gasteiger charge is 2.42. The van der Waals surface area contributed by atoms with Crippen molar-refractivity contribution in [3.05, 3.63) is 42.1 Å². The number of hydrogen-bond donors (Lipinski definition) is 7. The molecular formula is C32H43BN6O9S. The van der Waals surface area contributed by atoms with Crippen molar-refractivity contribution < 1.29 is 43.7 Å². The largest absolute Gasteiger partial charge is 0.491 e. The summed E-state index contributed by atoms with van der Waals surface area (Å²) in [7, 11) is -1.62. The summed E-state index contributed by atoms with van der Waals surface area (Å²) in [5.41, 5.74) is 8.56. The van der Waals surface area contributed by atoms with E-state index in [2.05, 4.69) is 26.1 Å². The van der Waals surface area contributed by atoms with Gasteiger partial charge in [0.1, 0.15) is 12.4 Å². The Morgan fingerprint density at radius 1 is 1.06 bits per heavy atom. The van der Waals surface area contributed by atoms with Crippen LogP contribution in [0.5, 0.6) is 5.75 Å². The van der Waals surface area contributed by atoms with Gasteiger partial charge in [0, 0.05) is 40.3 Å². The van der Waals surface area contributed by atoms with Crippen molar-refractivity contribution in [2.75, 3.05) is 51.1 Å². The van der Waals surface area contributed by atoms with Crippen molar-refractivity contribution in [3.8, 4) is 16.9 Å². The number of nitrogens with two attached hydrogens (primary N) is 1. The third-order valence-corrected chi connectivity index (χ3v) is 9.62. The van der Waals surface area contributed by atoms with E-state index < -0.39 is 7.12 Å². The number of nitrogens with one attached hydrogen (secondary N) is 3. The van der Waals surface area contributed by atoms with Gasteiger partial charge in [-0.2, -0.15) is 16.9 Å². The lowest BCUT2D eigenvalue weighted by Crippen LogP contribution is -2.36. The Balaban J connectivity index is 0.00000174. The number of carbonyl (C=O) groups excluding carboxylic acids is 2. The summed E-state index contributed by atoms with van der Waals surface area (Å²) in [5, 5.41) is 45.3. The lowest BCUT2D eigenvalue weighted by Gasteiger charge is -2.16. The molecular weight excluding hydrogens is 655 g/mol. The third-order valence-electron chi connectivity index (χ3n) is 8.11. The molecule has 264 valence electrons. The number of amides is 3. The minimum Gasteiger partial charge on any atom is -0.491 e. The number of anilines is 1. The number of carbonyl (C=O) groups is 3. The Bertz CT molecular complexity index is 1570. The van der Waals surface area contributed by atoms with E-state index in [9.17, 15) is 19.6 Å². The van der Waals surface area contributed by atoms with Crippen LogP contribution in [-0.2, 0) is 19.1 Å². The van der Waals surface area contributed by atoms with Crippen LogP contribution in [0.2, 0.25) is 0 Å². The lowest BCUT2D eigenvalue weighted by atomic mass is 9.79. The van der Waals surface area contributed by atoms with Crippen LogP contribution >= 0.6 is 11.8 Å². The fraction of sp³-hybridized carbons (Fsp3) is 0.469. The van der Waals surface area contributed by atoms with E-state index >= 15 is 0 Å². The molecule has 0 aliphatic carbocycles. The molecule has 3 amide bonds. The number of thioether (sulfide) groups is 1. The number of urea groups is 1. The minimum absolute atomic E-state index is 0.0160. The first-order valence-corrected chi connectivity index (χ1v) is 17.1. The number of carboxylic acid groups (broad SMARTS) is 1. The van der Waals surface area contributed by atoms with Gasteiger partial charge in [0.05, 0.1) is 44.2 Å². The summed E-state index contributed by atoms with van der Waals surface area (Å²) in [6.45, 7) is 3.82. The number of hydrogen-bond acceptors (Lipinski definition) is 12. The third kappa shape index (κ3) is 10.9. The molecule has 3 aromatic rings. The van der Waals surface area contributed by atoms with Gasteiger partial charge in [0.15, 0.2) is 5.82 Å². The van der Waals surface area contributed by atoms with Crippen molar-refractivity contribution in [1.82, 2.24) is 26.1 Å². The summed E-state index contributed by atoms with van der Waals surface area (Å²) >= 11 is 1.89. The molecule has 2 saturated heterocycles. The zero-order valence-electron chi connectivity index (χ0n) is 27.3. The predicted molar refractivity (Wildman–Crippen MR) is 187 cm³/mol. The van der Waals surface area contributed by atoms with Gasteiger partial charge in [-0.15, -0.1) is 5.10 Å². The summed E-state index contributed by atoms with van der Waals surface area (Å²) in [6, 6.07) is 11.0. The average Bonchev–Trinajstić information content (AvgIpc) is 3.64. The van der Waals surface area contributed by atoms with Crippen LogP contribution in [0.3, 0.4) is 0 Å². The maximum atomic E-state index is 12.1. The molecule has 0 radical (unpaired) electrons. The molecule has 2 fully saturated rings. The molecule has 0 spiro atoms. The first-order valence-electron chi connectivity index (χ1n) is 16.1. The maximum Gasteiger partial charge on any atom is 0.488 e. The topological polar surface area (TPSA) is 227 Å². The van der Waals surface area contributed by atoms with Crippen molar-refractivity contribution in [3.63, 3.8) is 0 Å². The fourth-order valence-corrected chi connectivity index (χ4v) is 7.23.